The highest BCUT2D eigenvalue weighted by molar-refractivity contribution is 7.99. The largest absolute Gasteiger partial charge is 0.481 e. The number of nitrogens with one attached hydrogen (secondary N) is 2. The summed E-state index contributed by atoms with van der Waals surface area (Å²) in [4.78, 5) is 29.4. The predicted octanol–water partition coefficient (Wildman–Crippen LogP) is 0.260. The van der Waals surface area contributed by atoms with E-state index in [1.807, 2.05) is 0 Å². The number of carboxylic acid groups (broad SMARTS) is 1. The van der Waals surface area contributed by atoms with Crippen molar-refractivity contribution >= 4 is 23.6 Å². The number of aromatic nitrogens is 6. The minimum absolute atomic E-state index is 0.0891. The number of hydrogen-bond acceptors (Lipinski definition) is 7. The molecule has 2 aromatic rings. The second-order valence-corrected chi connectivity index (χ2v) is 5.68. The molecule has 0 aromatic carbocycles. The number of aromatic amines is 1. The Balaban J connectivity index is 2.00. The first-order valence-corrected chi connectivity index (χ1v) is 7.85. The van der Waals surface area contributed by atoms with Gasteiger partial charge in [0.25, 0.3) is 11.9 Å². The molecule has 0 saturated heterocycles. The predicted molar refractivity (Wildman–Crippen MR) is 78.3 cm³/mol. The molecule has 0 atom stereocenters. The lowest BCUT2D eigenvalue weighted by Gasteiger charge is -2.01. The summed E-state index contributed by atoms with van der Waals surface area (Å²) < 4.78 is 38.5. The Morgan fingerprint density at radius 3 is 2.68 bits per heavy atom. The third-order valence-electron chi connectivity index (χ3n) is 2.66. The van der Waals surface area contributed by atoms with Crippen molar-refractivity contribution in [1.29, 1.82) is 0 Å². The number of amides is 1. The van der Waals surface area contributed by atoms with E-state index in [2.05, 4.69) is 25.5 Å². The second kappa shape index (κ2) is 7.50. The zero-order chi connectivity index (χ0) is 18.6. The van der Waals surface area contributed by atoms with Crippen LogP contribution in [0.1, 0.15) is 22.3 Å². The van der Waals surface area contributed by atoms with Crippen LogP contribution in [0.2, 0.25) is 0 Å². The Morgan fingerprint density at radius 2 is 2.08 bits per heavy atom. The number of carbonyl (C=O) groups excluding carboxylic acids is 1. The zero-order valence-electron chi connectivity index (χ0n) is 12.7. The highest BCUT2D eigenvalue weighted by Gasteiger charge is 2.35. The number of halogens is 3. The molecule has 136 valence electrons. The van der Waals surface area contributed by atoms with E-state index in [0.29, 0.717) is 5.75 Å². The SMILES string of the molecule is Cc1nc(C(=O)NCCSCC(=O)O)nn1-c1n[nH]c(C(F)(F)F)n1. The van der Waals surface area contributed by atoms with Gasteiger partial charge >= 0.3 is 12.1 Å². The summed E-state index contributed by atoms with van der Waals surface area (Å²) in [6.45, 7) is 1.61. The number of rotatable bonds is 7. The van der Waals surface area contributed by atoms with Gasteiger partial charge in [-0.25, -0.2) is 4.98 Å². The number of carboxylic acids is 1. The lowest BCUT2D eigenvalue weighted by molar-refractivity contribution is -0.144. The molecule has 2 heterocycles. The average Bonchev–Trinajstić information content (AvgIpc) is 3.12. The van der Waals surface area contributed by atoms with Gasteiger partial charge in [0.05, 0.1) is 5.75 Å². The summed E-state index contributed by atoms with van der Waals surface area (Å²) in [6.07, 6.45) is -4.69. The highest BCUT2D eigenvalue weighted by Crippen LogP contribution is 2.26. The summed E-state index contributed by atoms with van der Waals surface area (Å²) in [5.74, 6) is -3.16. The van der Waals surface area contributed by atoms with Gasteiger partial charge in [0, 0.05) is 12.3 Å². The first kappa shape index (κ1) is 18.7. The lowest BCUT2D eigenvalue weighted by Crippen LogP contribution is -2.27. The minimum Gasteiger partial charge on any atom is -0.481 e. The van der Waals surface area contributed by atoms with Crippen LogP contribution in [0.25, 0.3) is 5.95 Å². The average molecular weight is 379 g/mol. The summed E-state index contributed by atoms with van der Waals surface area (Å²) in [5, 5.41) is 19.9. The van der Waals surface area contributed by atoms with Crippen LogP contribution in [0.4, 0.5) is 13.2 Å². The zero-order valence-corrected chi connectivity index (χ0v) is 13.5. The number of hydrogen-bond donors (Lipinski definition) is 3. The minimum atomic E-state index is -4.69. The fraction of sp³-hybridized carbons (Fsp3) is 0.455. The van der Waals surface area contributed by atoms with Crippen LogP contribution < -0.4 is 5.32 Å². The topological polar surface area (TPSA) is 139 Å². The highest BCUT2D eigenvalue weighted by atomic mass is 32.2. The van der Waals surface area contributed by atoms with Gasteiger partial charge in [-0.2, -0.15) is 22.8 Å². The van der Waals surface area contributed by atoms with Crippen LogP contribution in [-0.4, -0.2) is 65.0 Å². The molecule has 0 saturated carbocycles. The molecule has 0 unspecified atom stereocenters. The summed E-state index contributed by atoms with van der Waals surface area (Å²) in [7, 11) is 0. The van der Waals surface area contributed by atoms with Crippen LogP contribution in [0.15, 0.2) is 0 Å². The van der Waals surface area contributed by atoms with Crippen molar-refractivity contribution in [2.24, 2.45) is 0 Å². The number of carbonyl (C=O) groups is 2. The van der Waals surface area contributed by atoms with Crippen molar-refractivity contribution in [3.8, 4) is 5.95 Å². The van der Waals surface area contributed by atoms with Crippen molar-refractivity contribution in [3.63, 3.8) is 0 Å². The van der Waals surface area contributed by atoms with Crippen LogP contribution in [0.5, 0.6) is 0 Å². The summed E-state index contributed by atoms with van der Waals surface area (Å²) in [5.41, 5.74) is 0. The summed E-state index contributed by atoms with van der Waals surface area (Å²) >= 11 is 1.12. The number of thioether (sulfide) groups is 1. The van der Waals surface area contributed by atoms with Gasteiger partial charge in [0.15, 0.2) is 0 Å². The molecule has 3 N–H and O–H groups in total. The second-order valence-electron chi connectivity index (χ2n) is 4.58. The van der Waals surface area contributed by atoms with Crippen molar-refractivity contribution in [2.45, 2.75) is 13.1 Å². The molecular formula is C11H12F3N7O3S. The van der Waals surface area contributed by atoms with Gasteiger partial charge in [-0.05, 0) is 6.92 Å². The molecule has 14 heteroatoms. The van der Waals surface area contributed by atoms with E-state index in [1.165, 1.54) is 6.92 Å². The van der Waals surface area contributed by atoms with Crippen LogP contribution in [0, 0.1) is 6.92 Å². The number of nitrogens with zero attached hydrogens (tertiary/aromatic N) is 5. The maximum atomic E-state index is 12.5. The Labute approximate surface area is 142 Å². The van der Waals surface area contributed by atoms with Crippen LogP contribution >= 0.6 is 11.8 Å². The Kier molecular flexibility index (Phi) is 5.61. The van der Waals surface area contributed by atoms with E-state index in [4.69, 9.17) is 5.11 Å². The summed E-state index contributed by atoms with van der Waals surface area (Å²) in [6, 6.07) is 0. The molecule has 25 heavy (non-hydrogen) atoms. The molecule has 0 aliphatic carbocycles. The van der Waals surface area contributed by atoms with Gasteiger partial charge in [0.2, 0.25) is 11.6 Å². The molecule has 2 rings (SSSR count). The Bertz CT molecular complexity index is 773. The van der Waals surface area contributed by atoms with E-state index in [0.717, 1.165) is 16.4 Å². The lowest BCUT2D eigenvalue weighted by atomic mass is 10.5. The van der Waals surface area contributed by atoms with E-state index < -0.39 is 29.8 Å². The van der Waals surface area contributed by atoms with Crippen molar-refractivity contribution in [2.75, 3.05) is 18.1 Å². The van der Waals surface area contributed by atoms with E-state index >= 15 is 0 Å². The molecule has 2 aromatic heterocycles. The van der Waals surface area contributed by atoms with E-state index in [1.54, 1.807) is 5.10 Å². The third kappa shape index (κ3) is 4.91. The number of H-pyrrole nitrogens is 1. The molecule has 0 fully saturated rings. The van der Waals surface area contributed by atoms with Crippen molar-refractivity contribution < 1.29 is 27.9 Å². The van der Waals surface area contributed by atoms with Crippen LogP contribution in [-0.2, 0) is 11.0 Å². The first-order valence-electron chi connectivity index (χ1n) is 6.70. The van der Waals surface area contributed by atoms with Gasteiger partial charge in [-0.3, -0.25) is 14.7 Å². The fourth-order valence-corrected chi connectivity index (χ4v) is 2.19. The standard InChI is InChI=1S/C11H12F3N7O3S/c1-5-16-7(8(24)15-2-3-25-4-6(22)23)20-21(5)10-17-9(18-19-10)11(12,13)14/h2-4H2,1H3,(H,15,24)(H,22,23)(H,17,18,19). The van der Waals surface area contributed by atoms with Gasteiger partial charge in [-0.15, -0.1) is 22.0 Å². The normalized spacial score (nSPS) is 11.5. The first-order chi connectivity index (χ1) is 11.7. The number of alkyl halides is 3. The van der Waals surface area contributed by atoms with E-state index in [-0.39, 0.29) is 23.9 Å². The molecular weight excluding hydrogens is 367 g/mol. The van der Waals surface area contributed by atoms with Gasteiger partial charge in [-0.1, -0.05) is 0 Å². The number of aliphatic carboxylic acids is 1. The molecule has 0 aliphatic heterocycles. The maximum absolute atomic E-state index is 12.5. The smallest absolute Gasteiger partial charge is 0.451 e. The molecule has 1 amide bonds. The monoisotopic (exact) mass is 379 g/mol. The van der Waals surface area contributed by atoms with Crippen LogP contribution in [0.3, 0.4) is 0 Å². The van der Waals surface area contributed by atoms with Crippen molar-refractivity contribution in [1.82, 2.24) is 35.3 Å². The number of aryl methyl sites for hydroxylation is 1. The quantitative estimate of drug-likeness (QED) is 0.582. The Hall–Kier alpha value is -2.64. The van der Waals surface area contributed by atoms with E-state index in [9.17, 15) is 22.8 Å². The Morgan fingerprint density at radius 1 is 1.36 bits per heavy atom. The molecule has 0 spiro atoms. The molecule has 0 radical (unpaired) electrons. The third-order valence-corrected chi connectivity index (χ3v) is 3.60. The van der Waals surface area contributed by atoms with Gasteiger partial charge < -0.3 is 10.4 Å². The molecule has 10 nitrogen and oxygen atoms in total. The molecule has 0 aliphatic rings. The van der Waals surface area contributed by atoms with Crippen molar-refractivity contribution in [3.05, 3.63) is 17.5 Å². The van der Waals surface area contributed by atoms with Gasteiger partial charge in [0.1, 0.15) is 5.82 Å². The maximum Gasteiger partial charge on any atom is 0.451 e. The molecule has 0 bridgehead atoms. The fourth-order valence-electron chi connectivity index (χ4n) is 1.63.